The number of fused-ring (bicyclic) bond motifs is 1. The second-order valence-electron chi connectivity index (χ2n) is 10.3. The highest BCUT2D eigenvalue weighted by molar-refractivity contribution is 7.99. The summed E-state index contributed by atoms with van der Waals surface area (Å²) in [6, 6.07) is 3.26. The zero-order chi connectivity index (χ0) is 32.0. The molecule has 0 spiro atoms. The van der Waals surface area contributed by atoms with E-state index in [9.17, 15) is 38.8 Å². The van der Waals surface area contributed by atoms with Gasteiger partial charge in [0.1, 0.15) is 12.2 Å². The van der Waals surface area contributed by atoms with Crippen molar-refractivity contribution in [2.45, 2.75) is 80.5 Å². The number of nitrogens with zero attached hydrogens (tertiary/aromatic N) is 5. The minimum Gasteiger partial charge on any atom is -0.550 e. The molecule has 0 aliphatic heterocycles. The van der Waals surface area contributed by atoms with Crippen molar-refractivity contribution in [2.75, 3.05) is 24.3 Å². The van der Waals surface area contributed by atoms with Crippen LogP contribution in [0.3, 0.4) is 0 Å². The summed E-state index contributed by atoms with van der Waals surface area (Å²) in [6.07, 6.45) is -1.98. The van der Waals surface area contributed by atoms with Gasteiger partial charge in [0.25, 0.3) is 0 Å². The van der Waals surface area contributed by atoms with Gasteiger partial charge in [-0.05, 0) is 43.4 Å². The smallest absolute Gasteiger partial charge is 0.191 e. The van der Waals surface area contributed by atoms with Crippen LogP contribution in [0, 0.1) is 11.6 Å². The zero-order valence-electron chi connectivity index (χ0n) is 23.6. The number of anilines is 1. The van der Waals surface area contributed by atoms with Crippen molar-refractivity contribution in [1.29, 1.82) is 0 Å². The monoisotopic (exact) mass is 638 g/mol. The van der Waals surface area contributed by atoms with Crippen molar-refractivity contribution < 1.29 is 48.6 Å². The molecule has 2 heterocycles. The lowest BCUT2D eigenvalue weighted by Gasteiger charge is -2.17. The highest BCUT2D eigenvalue weighted by Gasteiger charge is 2.45. The molecule has 0 unspecified atom stereocenters. The Labute approximate surface area is 254 Å². The van der Waals surface area contributed by atoms with Gasteiger partial charge in [-0.25, -0.2) is 23.4 Å². The molecular weight excluding hydrogens is 606 g/mol. The molecule has 5 rings (SSSR count). The number of hydrogen-bond donors (Lipinski definition) is 4. The first kappa shape index (κ1) is 33.4. The van der Waals surface area contributed by atoms with Crippen molar-refractivity contribution in [2.24, 2.45) is 0 Å². The summed E-state index contributed by atoms with van der Waals surface area (Å²) in [7, 11) is 0. The molecule has 4 N–H and O–H groups in total. The molecule has 6 atom stereocenters. The summed E-state index contributed by atoms with van der Waals surface area (Å²) in [5, 5.41) is 61.5. The van der Waals surface area contributed by atoms with E-state index in [0.717, 1.165) is 24.7 Å². The fourth-order valence-electron chi connectivity index (χ4n) is 4.82. The predicted molar refractivity (Wildman–Crippen MR) is 147 cm³/mol. The van der Waals surface area contributed by atoms with Crippen molar-refractivity contribution in [3.8, 4) is 0 Å². The summed E-state index contributed by atoms with van der Waals surface area (Å²) < 4.78 is 34.0. The Bertz CT molecular complexity index is 1450. The maximum Gasteiger partial charge on any atom is 0.191 e. The van der Waals surface area contributed by atoms with Gasteiger partial charge < -0.3 is 45.2 Å². The van der Waals surface area contributed by atoms with E-state index in [1.165, 1.54) is 22.5 Å². The van der Waals surface area contributed by atoms with Crippen molar-refractivity contribution >= 4 is 40.7 Å². The number of aliphatic hydroxyl groups excluding tert-OH is 3. The van der Waals surface area contributed by atoms with E-state index in [2.05, 4.69) is 32.5 Å². The summed E-state index contributed by atoms with van der Waals surface area (Å²) in [4.78, 5) is 28.3. The third kappa shape index (κ3) is 8.15. The van der Waals surface area contributed by atoms with Crippen LogP contribution in [0.2, 0.25) is 0 Å². The largest absolute Gasteiger partial charge is 0.550 e. The molecule has 2 aliphatic rings. The van der Waals surface area contributed by atoms with E-state index in [0.29, 0.717) is 27.7 Å². The first-order valence-electron chi connectivity index (χ1n) is 14.0. The number of carboxylic acids is 2. The fourth-order valence-corrected chi connectivity index (χ4v) is 5.51. The molecule has 3 aromatic rings. The maximum atomic E-state index is 13.7. The number of hydrogen-bond acceptors (Lipinski definition) is 14. The lowest BCUT2D eigenvalue weighted by Crippen LogP contribution is -2.33. The molecule has 2 aromatic heterocycles. The molecule has 44 heavy (non-hydrogen) atoms. The fraction of sp³-hybridized carbons (Fsp3) is 0.556. The normalized spacial score (nSPS) is 24.1. The number of carbonyl (C=O) groups excluding carboxylic acids is 2. The number of halogens is 2. The van der Waals surface area contributed by atoms with Crippen LogP contribution < -0.4 is 15.5 Å². The SMILES string of the molecule is CCCSc1nc(N[C@@H]2C[C@H]2c2ccc(F)c(F)c2)c2nnn([C@@H]3C[C@H](OCCO)[C@@H](O)[C@H]3O)c2n1.O=C([O-])CCC(=O)[O-]. The molecule has 0 saturated heterocycles. The minimum absolute atomic E-state index is 0.00291. The Morgan fingerprint density at radius 3 is 2.48 bits per heavy atom. The van der Waals surface area contributed by atoms with E-state index in [1.54, 1.807) is 6.07 Å². The van der Waals surface area contributed by atoms with Crippen LogP contribution in [0.4, 0.5) is 14.6 Å². The van der Waals surface area contributed by atoms with Crippen LogP contribution in [0.5, 0.6) is 0 Å². The molecule has 2 saturated carbocycles. The van der Waals surface area contributed by atoms with Gasteiger partial charge in [-0.1, -0.05) is 30.0 Å². The molecule has 1 aromatic carbocycles. The third-order valence-corrected chi connectivity index (χ3v) is 8.15. The van der Waals surface area contributed by atoms with Gasteiger partial charge in [0.05, 0.1) is 25.4 Å². The number of benzene rings is 1. The molecular formula is C27H32F2N6O8S-2. The summed E-state index contributed by atoms with van der Waals surface area (Å²) in [5.74, 6) is -3.20. The molecule has 0 bridgehead atoms. The number of ether oxygens (including phenoxy) is 1. The van der Waals surface area contributed by atoms with Gasteiger partial charge >= 0.3 is 0 Å². The molecule has 0 radical (unpaired) electrons. The molecule has 14 nitrogen and oxygen atoms in total. The number of rotatable bonds is 13. The number of thioether (sulfide) groups is 1. The Morgan fingerprint density at radius 2 is 1.84 bits per heavy atom. The van der Waals surface area contributed by atoms with E-state index in [-0.39, 0.29) is 31.6 Å². The maximum absolute atomic E-state index is 13.7. The highest BCUT2D eigenvalue weighted by Crippen LogP contribution is 2.44. The molecule has 2 fully saturated rings. The first-order chi connectivity index (χ1) is 21.0. The van der Waals surface area contributed by atoms with Gasteiger partial charge in [-0.3, -0.25) is 0 Å². The van der Waals surface area contributed by atoms with Crippen LogP contribution in [0.1, 0.15) is 56.6 Å². The topological polar surface area (TPSA) is 219 Å². The lowest BCUT2D eigenvalue weighted by molar-refractivity contribution is -0.315. The Morgan fingerprint density at radius 1 is 1.11 bits per heavy atom. The van der Waals surface area contributed by atoms with Crippen molar-refractivity contribution in [1.82, 2.24) is 25.0 Å². The Hall–Kier alpha value is -3.51. The molecule has 0 amide bonds. The van der Waals surface area contributed by atoms with E-state index in [4.69, 9.17) is 9.84 Å². The molecule has 2 aliphatic carbocycles. The van der Waals surface area contributed by atoms with Gasteiger partial charge in [-0.2, -0.15) is 0 Å². The lowest BCUT2D eigenvalue weighted by atomic mass is 10.1. The van der Waals surface area contributed by atoms with Gasteiger partial charge in [-0.15, -0.1) is 5.10 Å². The van der Waals surface area contributed by atoms with Gasteiger partial charge in [0, 0.05) is 36.1 Å². The number of aliphatic carboxylic acids is 2. The number of aromatic nitrogens is 5. The Kier molecular flexibility index (Phi) is 11.4. The standard InChI is InChI=1S/C23H28F2N6O4S.C4H6O4/c1-2-7-36-23-27-21(26-15-9-12(15)11-3-4-13(24)14(25)8-11)18-22(28-23)31(30-29-18)16-10-17(35-6-5-32)20(34)19(16)33;5-3(6)1-2-4(7)8/h3-4,8,12,15-17,19-20,32-34H,2,5-7,9-10H2,1H3,(H,26,27,28);1-2H2,(H,5,6)(H,7,8)/p-2/t12-,15+,16+,17-,19-,20+;/m0./s1. The van der Waals surface area contributed by atoms with Crippen molar-refractivity contribution in [3.05, 3.63) is 35.4 Å². The zero-order valence-corrected chi connectivity index (χ0v) is 24.5. The van der Waals surface area contributed by atoms with Crippen LogP contribution >= 0.6 is 11.8 Å². The van der Waals surface area contributed by atoms with Crippen LogP contribution in [0.15, 0.2) is 23.4 Å². The number of aliphatic hydroxyl groups is 3. The van der Waals surface area contributed by atoms with Gasteiger partial charge in [0.15, 0.2) is 33.8 Å². The second-order valence-corrected chi connectivity index (χ2v) is 11.4. The Balaban J connectivity index is 0.000000488. The number of nitrogens with one attached hydrogen (secondary N) is 1. The van der Waals surface area contributed by atoms with Crippen molar-refractivity contribution in [3.63, 3.8) is 0 Å². The van der Waals surface area contributed by atoms with E-state index in [1.807, 2.05) is 0 Å². The molecule has 17 heteroatoms. The third-order valence-electron chi connectivity index (χ3n) is 7.09. The first-order valence-corrected chi connectivity index (χ1v) is 15.0. The highest BCUT2D eigenvalue weighted by atomic mass is 32.2. The number of carboxylic acid groups (broad SMARTS) is 2. The predicted octanol–water partition coefficient (Wildman–Crippen LogP) is -0.720. The quantitative estimate of drug-likeness (QED) is 0.134. The minimum atomic E-state index is -1.37. The summed E-state index contributed by atoms with van der Waals surface area (Å²) in [5.41, 5.74) is 1.53. The summed E-state index contributed by atoms with van der Waals surface area (Å²) in [6.45, 7) is 1.91. The summed E-state index contributed by atoms with van der Waals surface area (Å²) >= 11 is 1.48. The average molecular weight is 639 g/mol. The number of carbonyl (C=O) groups is 2. The molecule has 240 valence electrons. The van der Waals surface area contributed by atoms with Gasteiger partial charge in [0.2, 0.25) is 0 Å². The van der Waals surface area contributed by atoms with Crippen LogP contribution in [0.25, 0.3) is 11.2 Å². The van der Waals surface area contributed by atoms with Crippen LogP contribution in [-0.2, 0) is 14.3 Å². The van der Waals surface area contributed by atoms with E-state index < -0.39 is 60.8 Å². The average Bonchev–Trinajstić information content (AvgIpc) is 3.53. The van der Waals surface area contributed by atoms with Crippen LogP contribution in [-0.4, -0.2) is 95.5 Å². The van der Waals surface area contributed by atoms with E-state index >= 15 is 0 Å². The second kappa shape index (κ2) is 15.0.